The van der Waals surface area contributed by atoms with Crippen LogP contribution in [-0.2, 0) is 4.79 Å². The number of hydrogen-bond acceptors (Lipinski definition) is 5. The third kappa shape index (κ3) is 4.36. The van der Waals surface area contributed by atoms with Gasteiger partial charge >= 0.3 is 0 Å². The van der Waals surface area contributed by atoms with Gasteiger partial charge in [0.2, 0.25) is 5.91 Å². The Bertz CT molecular complexity index is 823. The number of carbonyl (C=O) groups is 1. The van der Waals surface area contributed by atoms with E-state index in [2.05, 4.69) is 10.3 Å². The molecule has 6 nitrogen and oxygen atoms in total. The van der Waals surface area contributed by atoms with Gasteiger partial charge in [0.25, 0.3) is 5.82 Å². The molecular weight excluding hydrogens is 334 g/mol. The van der Waals surface area contributed by atoms with Gasteiger partial charge in [-0.2, -0.15) is 10.5 Å². The normalized spacial score (nSPS) is 9.70. The van der Waals surface area contributed by atoms with Gasteiger partial charge in [0.1, 0.15) is 23.3 Å². The van der Waals surface area contributed by atoms with E-state index in [1.54, 1.807) is 24.3 Å². The summed E-state index contributed by atoms with van der Waals surface area (Å²) in [4.78, 5) is 14.7. The van der Waals surface area contributed by atoms with Crippen molar-refractivity contribution in [2.24, 2.45) is 0 Å². The quantitative estimate of drug-likeness (QED) is 0.824. The summed E-state index contributed by atoms with van der Waals surface area (Å²) in [5.41, 5.74) is 6.77. The number of nitrogens with two attached hydrogens (primary N) is 1. The lowest BCUT2D eigenvalue weighted by atomic mass is 10.2. The van der Waals surface area contributed by atoms with Crippen LogP contribution < -0.4 is 16.0 Å². The maximum absolute atomic E-state index is 11.9. The predicted molar refractivity (Wildman–Crippen MR) is 87.6 cm³/mol. The Hall–Kier alpha value is -2.74. The standard InChI is InChI=1S/C15H10ClN5OS/c16-11-1-3-12(4-2-11)20-13(22)8-23-15-10(7-18)5-9(6-17)14(19)21-15/h1-5H,8H2,(H2,19,21)(H,20,22)/p+1. The number of aromatic nitrogens is 1. The van der Waals surface area contributed by atoms with Crippen molar-refractivity contribution >= 4 is 40.8 Å². The van der Waals surface area contributed by atoms with Crippen LogP contribution in [0.5, 0.6) is 0 Å². The minimum absolute atomic E-state index is 0.0825. The maximum atomic E-state index is 11.9. The molecule has 2 rings (SSSR count). The molecule has 0 bridgehead atoms. The molecule has 1 heterocycles. The van der Waals surface area contributed by atoms with Gasteiger partial charge in [0.15, 0.2) is 5.03 Å². The molecule has 0 atom stereocenters. The number of halogens is 1. The van der Waals surface area contributed by atoms with Crippen LogP contribution in [0.1, 0.15) is 11.1 Å². The number of aromatic amines is 1. The van der Waals surface area contributed by atoms with E-state index in [1.165, 1.54) is 6.07 Å². The molecule has 0 aliphatic rings. The van der Waals surface area contributed by atoms with E-state index < -0.39 is 0 Å². The summed E-state index contributed by atoms with van der Waals surface area (Å²) in [5.74, 6) is 0.00346. The molecule has 0 aliphatic carbocycles. The molecule has 23 heavy (non-hydrogen) atoms. The van der Waals surface area contributed by atoms with Gasteiger partial charge in [-0.3, -0.25) is 10.5 Å². The summed E-state index contributed by atoms with van der Waals surface area (Å²) in [7, 11) is 0. The zero-order valence-electron chi connectivity index (χ0n) is 11.8. The van der Waals surface area contributed by atoms with Crippen molar-refractivity contribution in [2.75, 3.05) is 16.8 Å². The number of nitriles is 2. The van der Waals surface area contributed by atoms with E-state index in [0.29, 0.717) is 15.7 Å². The SMILES string of the molecule is N#Cc1cc(C#N)c(SCC(=O)Nc2ccc(Cl)cc2)[nH+]c1N. The third-order valence-electron chi connectivity index (χ3n) is 2.79. The number of rotatable bonds is 4. The maximum Gasteiger partial charge on any atom is 0.289 e. The molecule has 0 saturated carbocycles. The number of H-pyrrole nitrogens is 1. The molecule has 0 saturated heterocycles. The molecule has 0 fully saturated rings. The fraction of sp³-hybridized carbons (Fsp3) is 0.0667. The van der Waals surface area contributed by atoms with Crippen molar-refractivity contribution in [3.05, 3.63) is 46.5 Å². The number of hydrogen-bond donors (Lipinski definition) is 2. The van der Waals surface area contributed by atoms with Crippen LogP contribution in [0.4, 0.5) is 11.5 Å². The third-order valence-corrected chi connectivity index (χ3v) is 4.06. The summed E-state index contributed by atoms with van der Waals surface area (Å²) in [6.07, 6.45) is 0. The summed E-state index contributed by atoms with van der Waals surface area (Å²) in [5, 5.41) is 21.7. The van der Waals surface area contributed by atoms with Gasteiger partial charge in [0, 0.05) is 10.7 Å². The van der Waals surface area contributed by atoms with Gasteiger partial charge in [0.05, 0.1) is 5.75 Å². The largest absolute Gasteiger partial charge is 0.325 e. The van der Waals surface area contributed by atoms with Crippen LogP contribution in [-0.4, -0.2) is 11.7 Å². The lowest BCUT2D eigenvalue weighted by Gasteiger charge is -2.05. The first kappa shape index (κ1) is 16.6. The Labute approximate surface area is 141 Å². The number of nitrogens with zero attached hydrogens (tertiary/aromatic N) is 2. The highest BCUT2D eigenvalue weighted by atomic mass is 35.5. The van der Waals surface area contributed by atoms with Crippen molar-refractivity contribution in [3.63, 3.8) is 0 Å². The Kier molecular flexibility index (Phi) is 5.42. The van der Waals surface area contributed by atoms with E-state index >= 15 is 0 Å². The highest BCUT2D eigenvalue weighted by Crippen LogP contribution is 2.21. The van der Waals surface area contributed by atoms with E-state index in [0.717, 1.165) is 11.8 Å². The monoisotopic (exact) mass is 344 g/mol. The first-order valence-electron chi connectivity index (χ1n) is 6.37. The van der Waals surface area contributed by atoms with Gasteiger partial charge in [-0.1, -0.05) is 23.4 Å². The molecule has 4 N–H and O–H groups in total. The van der Waals surface area contributed by atoms with Crippen LogP contribution in [0.3, 0.4) is 0 Å². The van der Waals surface area contributed by atoms with Gasteiger partial charge in [-0.15, -0.1) is 0 Å². The molecule has 0 spiro atoms. The second-order valence-corrected chi connectivity index (χ2v) is 5.83. The lowest BCUT2D eigenvalue weighted by Crippen LogP contribution is -2.19. The Morgan fingerprint density at radius 3 is 2.52 bits per heavy atom. The topological polar surface area (TPSA) is 117 Å². The van der Waals surface area contributed by atoms with Crippen LogP contribution >= 0.6 is 23.4 Å². The minimum Gasteiger partial charge on any atom is -0.325 e. The van der Waals surface area contributed by atoms with Crippen LogP contribution in [0.15, 0.2) is 35.4 Å². The van der Waals surface area contributed by atoms with Gasteiger partial charge in [-0.25, -0.2) is 4.98 Å². The van der Waals surface area contributed by atoms with Gasteiger partial charge < -0.3 is 5.32 Å². The second-order valence-electron chi connectivity index (χ2n) is 4.41. The van der Waals surface area contributed by atoms with Crippen molar-refractivity contribution < 1.29 is 9.78 Å². The van der Waals surface area contributed by atoms with Gasteiger partial charge in [-0.05, 0) is 30.3 Å². The number of pyridine rings is 1. The number of nitrogen functional groups attached to an aromatic ring is 1. The second kappa shape index (κ2) is 7.50. The lowest BCUT2D eigenvalue weighted by molar-refractivity contribution is -0.410. The summed E-state index contributed by atoms with van der Waals surface area (Å²) < 4.78 is 0. The van der Waals surface area contributed by atoms with E-state index in [9.17, 15) is 4.79 Å². The number of amides is 1. The average molecular weight is 345 g/mol. The average Bonchev–Trinajstić information content (AvgIpc) is 2.55. The molecule has 0 aliphatic heterocycles. The molecule has 114 valence electrons. The van der Waals surface area contributed by atoms with Crippen molar-refractivity contribution in [2.45, 2.75) is 5.03 Å². The van der Waals surface area contributed by atoms with Crippen molar-refractivity contribution in [1.82, 2.24) is 0 Å². The Morgan fingerprint density at radius 2 is 1.91 bits per heavy atom. The zero-order chi connectivity index (χ0) is 16.8. The number of thioether (sulfide) groups is 1. The first-order valence-corrected chi connectivity index (χ1v) is 7.74. The summed E-state index contributed by atoms with van der Waals surface area (Å²) >= 11 is 6.91. The minimum atomic E-state index is -0.238. The zero-order valence-corrected chi connectivity index (χ0v) is 13.3. The van der Waals surface area contributed by atoms with Crippen LogP contribution in [0, 0.1) is 22.7 Å². The van der Waals surface area contributed by atoms with E-state index in [1.807, 2.05) is 12.1 Å². The molecule has 8 heteroatoms. The predicted octanol–water partition coefficient (Wildman–Crippen LogP) is 2.21. The highest BCUT2D eigenvalue weighted by molar-refractivity contribution is 7.99. The fourth-order valence-corrected chi connectivity index (χ4v) is 2.62. The molecule has 0 radical (unpaired) electrons. The Balaban J connectivity index is 2.04. The fourth-order valence-electron chi connectivity index (χ4n) is 1.70. The highest BCUT2D eigenvalue weighted by Gasteiger charge is 2.15. The smallest absolute Gasteiger partial charge is 0.289 e. The van der Waals surface area contributed by atoms with Crippen LogP contribution in [0.25, 0.3) is 0 Å². The molecule has 1 aromatic carbocycles. The van der Waals surface area contributed by atoms with E-state index in [4.69, 9.17) is 27.9 Å². The number of carbonyl (C=O) groups excluding carboxylic acids is 1. The number of anilines is 2. The number of nitrogens with one attached hydrogen (secondary N) is 2. The Morgan fingerprint density at radius 1 is 1.26 bits per heavy atom. The van der Waals surface area contributed by atoms with E-state index in [-0.39, 0.29) is 28.6 Å². The van der Waals surface area contributed by atoms with Crippen molar-refractivity contribution in [1.29, 1.82) is 10.5 Å². The van der Waals surface area contributed by atoms with Crippen LogP contribution in [0.2, 0.25) is 5.02 Å². The van der Waals surface area contributed by atoms with Crippen molar-refractivity contribution in [3.8, 4) is 12.1 Å². The molecule has 2 aromatic rings. The summed E-state index contributed by atoms with van der Waals surface area (Å²) in [6.45, 7) is 0. The molecule has 0 unspecified atom stereocenters. The number of benzene rings is 1. The molecule has 1 aromatic heterocycles. The molecular formula is C15H11ClN5OS+. The molecule has 1 amide bonds. The first-order chi connectivity index (χ1) is 11.0. The summed E-state index contributed by atoms with van der Waals surface area (Å²) in [6, 6.07) is 12.0.